The number of nitrogens with one attached hydrogen (secondary N) is 1. The Morgan fingerprint density at radius 2 is 1.88 bits per heavy atom. The number of carbonyl (C=O) groups is 2. The van der Waals surface area contributed by atoms with Gasteiger partial charge < -0.3 is 14.8 Å². The molecule has 3 rings (SSSR count). The van der Waals surface area contributed by atoms with Crippen LogP contribution in [0.5, 0.6) is 5.75 Å². The van der Waals surface area contributed by atoms with Crippen LogP contribution in [0.1, 0.15) is 42.1 Å². The largest absolute Gasteiger partial charge is 0.492 e. The van der Waals surface area contributed by atoms with E-state index in [2.05, 4.69) is 5.32 Å². The number of esters is 1. The molecule has 1 heterocycles. The summed E-state index contributed by atoms with van der Waals surface area (Å²) >= 11 is 0. The van der Waals surface area contributed by atoms with Crippen molar-refractivity contribution in [2.75, 3.05) is 26.3 Å². The lowest BCUT2D eigenvalue weighted by Gasteiger charge is -2.32. The number of hydrogen-bond donors (Lipinski definition) is 1. The molecule has 2 aromatic rings. The maximum Gasteiger partial charge on any atom is 0.338 e. The molecule has 1 amide bonds. The average molecular weight is 475 g/mol. The first-order valence-corrected chi connectivity index (χ1v) is 12.5. The van der Waals surface area contributed by atoms with E-state index < -0.39 is 28.5 Å². The summed E-state index contributed by atoms with van der Waals surface area (Å²) < 4.78 is 38.3. The molecule has 0 aromatic heterocycles. The molecule has 1 N–H and O–H groups in total. The van der Waals surface area contributed by atoms with Crippen molar-refractivity contribution < 1.29 is 27.5 Å². The Morgan fingerprint density at radius 3 is 2.61 bits per heavy atom. The van der Waals surface area contributed by atoms with E-state index in [1.165, 1.54) is 16.4 Å². The standard InChI is InChI=1S/C24H30N2O6S/c1-18-11-12-21(33(29,30)26-14-7-6-8-19(26)2)16-22(18)24(28)32-17-23(27)25-13-15-31-20-9-4-3-5-10-20/h3-5,9-12,16,19H,6-8,13-15,17H2,1-2H3,(H,25,27). The molecule has 2 aromatic carbocycles. The summed E-state index contributed by atoms with van der Waals surface area (Å²) in [6, 6.07) is 13.5. The fraction of sp³-hybridized carbons (Fsp3) is 0.417. The number of sulfonamides is 1. The van der Waals surface area contributed by atoms with E-state index in [1.54, 1.807) is 13.0 Å². The van der Waals surface area contributed by atoms with Crippen molar-refractivity contribution in [2.24, 2.45) is 0 Å². The highest BCUT2D eigenvalue weighted by Crippen LogP contribution is 2.26. The van der Waals surface area contributed by atoms with Crippen molar-refractivity contribution in [1.29, 1.82) is 0 Å². The molecule has 1 aliphatic rings. The van der Waals surface area contributed by atoms with Crippen molar-refractivity contribution >= 4 is 21.9 Å². The molecule has 9 heteroatoms. The van der Waals surface area contributed by atoms with Crippen LogP contribution < -0.4 is 10.1 Å². The third-order valence-corrected chi connectivity index (χ3v) is 7.56. The van der Waals surface area contributed by atoms with Gasteiger partial charge in [-0.3, -0.25) is 4.79 Å². The summed E-state index contributed by atoms with van der Waals surface area (Å²) in [6.45, 7) is 4.11. The van der Waals surface area contributed by atoms with E-state index in [0.717, 1.165) is 19.3 Å². The molecule has 0 aliphatic carbocycles. The summed E-state index contributed by atoms with van der Waals surface area (Å²) in [5.74, 6) is -0.516. The number of aryl methyl sites for hydroxylation is 1. The number of para-hydroxylation sites is 1. The van der Waals surface area contributed by atoms with Crippen LogP contribution in [-0.2, 0) is 19.6 Å². The van der Waals surface area contributed by atoms with Crippen molar-refractivity contribution in [3.8, 4) is 5.75 Å². The van der Waals surface area contributed by atoms with Gasteiger partial charge in [-0.2, -0.15) is 4.31 Å². The van der Waals surface area contributed by atoms with Gasteiger partial charge in [-0.15, -0.1) is 0 Å². The molecular formula is C24H30N2O6S. The van der Waals surface area contributed by atoms with Crippen molar-refractivity contribution in [3.63, 3.8) is 0 Å². The van der Waals surface area contributed by atoms with Gasteiger partial charge in [0.25, 0.3) is 5.91 Å². The molecular weight excluding hydrogens is 444 g/mol. The molecule has 1 atom stereocenters. The summed E-state index contributed by atoms with van der Waals surface area (Å²) in [6.07, 6.45) is 2.63. The highest BCUT2D eigenvalue weighted by atomic mass is 32.2. The van der Waals surface area contributed by atoms with E-state index >= 15 is 0 Å². The molecule has 0 bridgehead atoms. The predicted octanol–water partition coefficient (Wildman–Crippen LogP) is 2.91. The van der Waals surface area contributed by atoms with Gasteiger partial charge in [-0.25, -0.2) is 13.2 Å². The first kappa shape index (κ1) is 24.7. The maximum atomic E-state index is 13.1. The van der Waals surface area contributed by atoms with Crippen LogP contribution >= 0.6 is 0 Å². The summed E-state index contributed by atoms with van der Waals surface area (Å²) in [7, 11) is -3.72. The van der Waals surface area contributed by atoms with Crippen molar-refractivity contribution in [2.45, 2.75) is 44.0 Å². The number of piperidine rings is 1. The van der Waals surface area contributed by atoms with Crippen LogP contribution in [0.4, 0.5) is 0 Å². The van der Waals surface area contributed by atoms with Crippen LogP contribution in [0.2, 0.25) is 0 Å². The number of rotatable bonds is 9. The number of ether oxygens (including phenoxy) is 2. The highest BCUT2D eigenvalue weighted by Gasteiger charge is 2.31. The Balaban J connectivity index is 1.54. The number of hydrogen-bond acceptors (Lipinski definition) is 6. The monoisotopic (exact) mass is 474 g/mol. The molecule has 1 saturated heterocycles. The third-order valence-electron chi connectivity index (χ3n) is 5.55. The third kappa shape index (κ3) is 6.55. The van der Waals surface area contributed by atoms with Crippen LogP contribution in [-0.4, -0.2) is 56.9 Å². The molecule has 178 valence electrons. The van der Waals surface area contributed by atoms with Crippen molar-refractivity contribution in [1.82, 2.24) is 9.62 Å². The highest BCUT2D eigenvalue weighted by molar-refractivity contribution is 7.89. The second-order valence-corrected chi connectivity index (χ2v) is 9.92. The minimum absolute atomic E-state index is 0.0521. The van der Waals surface area contributed by atoms with Crippen LogP contribution in [0.15, 0.2) is 53.4 Å². The Hall–Kier alpha value is -2.91. The normalized spacial score (nSPS) is 16.7. The average Bonchev–Trinajstić information content (AvgIpc) is 2.81. The molecule has 1 unspecified atom stereocenters. The smallest absolute Gasteiger partial charge is 0.338 e. The van der Waals surface area contributed by atoms with Gasteiger partial charge in [-0.05, 0) is 56.5 Å². The quantitative estimate of drug-likeness (QED) is 0.443. The number of benzene rings is 2. The van der Waals surface area contributed by atoms with Crippen LogP contribution in [0.3, 0.4) is 0 Å². The maximum absolute atomic E-state index is 13.1. The van der Waals surface area contributed by atoms with E-state index in [4.69, 9.17) is 9.47 Å². The van der Waals surface area contributed by atoms with Crippen LogP contribution in [0.25, 0.3) is 0 Å². The second-order valence-electron chi connectivity index (χ2n) is 8.02. The summed E-state index contributed by atoms with van der Waals surface area (Å²) in [5.41, 5.74) is 0.697. The van der Waals surface area contributed by atoms with Gasteiger partial charge in [-0.1, -0.05) is 30.7 Å². The molecule has 0 spiro atoms. The minimum atomic E-state index is -3.72. The zero-order valence-corrected chi connectivity index (χ0v) is 19.8. The SMILES string of the molecule is Cc1ccc(S(=O)(=O)N2CCCCC2C)cc1C(=O)OCC(=O)NCCOc1ccccc1. The summed E-state index contributed by atoms with van der Waals surface area (Å²) in [4.78, 5) is 24.6. The fourth-order valence-electron chi connectivity index (χ4n) is 3.68. The van der Waals surface area contributed by atoms with Crippen LogP contribution in [0, 0.1) is 6.92 Å². The molecule has 0 radical (unpaired) electrons. The van der Waals surface area contributed by atoms with E-state index in [0.29, 0.717) is 17.9 Å². The van der Waals surface area contributed by atoms with Crippen molar-refractivity contribution in [3.05, 3.63) is 59.7 Å². The number of nitrogens with zero attached hydrogens (tertiary/aromatic N) is 1. The number of carbonyl (C=O) groups excluding carboxylic acids is 2. The van der Waals surface area contributed by atoms with Gasteiger partial charge in [0.05, 0.1) is 17.0 Å². The first-order valence-electron chi connectivity index (χ1n) is 11.0. The Labute approximate surface area is 194 Å². The molecule has 1 aliphatic heterocycles. The molecule has 33 heavy (non-hydrogen) atoms. The van der Waals surface area contributed by atoms with E-state index in [1.807, 2.05) is 37.3 Å². The molecule has 8 nitrogen and oxygen atoms in total. The van der Waals surface area contributed by atoms with Gasteiger partial charge in [0.2, 0.25) is 10.0 Å². The Bertz CT molecular complexity index is 1070. The zero-order chi connectivity index (χ0) is 23.8. The van der Waals surface area contributed by atoms with Gasteiger partial charge in [0, 0.05) is 12.6 Å². The second kappa shape index (κ2) is 11.3. The molecule has 0 saturated carbocycles. The zero-order valence-electron chi connectivity index (χ0n) is 19.0. The Kier molecular flexibility index (Phi) is 8.46. The van der Waals surface area contributed by atoms with E-state index in [-0.39, 0.29) is 29.7 Å². The topological polar surface area (TPSA) is 102 Å². The Morgan fingerprint density at radius 1 is 1.12 bits per heavy atom. The minimum Gasteiger partial charge on any atom is -0.492 e. The van der Waals surface area contributed by atoms with Gasteiger partial charge in [0.1, 0.15) is 12.4 Å². The summed E-state index contributed by atoms with van der Waals surface area (Å²) in [5, 5.41) is 2.61. The van der Waals surface area contributed by atoms with Gasteiger partial charge in [0.15, 0.2) is 6.61 Å². The number of amides is 1. The lowest BCUT2D eigenvalue weighted by Crippen LogP contribution is -2.42. The lowest BCUT2D eigenvalue weighted by molar-refractivity contribution is -0.124. The first-order chi connectivity index (χ1) is 15.8. The van der Waals surface area contributed by atoms with E-state index in [9.17, 15) is 18.0 Å². The van der Waals surface area contributed by atoms with Gasteiger partial charge >= 0.3 is 5.97 Å². The molecule has 1 fully saturated rings. The lowest BCUT2D eigenvalue weighted by atomic mass is 10.1. The predicted molar refractivity (Wildman–Crippen MR) is 124 cm³/mol. The fourth-order valence-corrected chi connectivity index (χ4v) is 5.41.